The highest BCUT2D eigenvalue weighted by Gasteiger charge is 2.11. The van der Waals surface area contributed by atoms with Gasteiger partial charge in [-0.15, -0.1) is 0 Å². The van der Waals surface area contributed by atoms with Crippen LogP contribution in [0.3, 0.4) is 0 Å². The minimum absolute atomic E-state index is 0.645. The number of imidazole rings is 1. The number of hydrogen-bond donors (Lipinski definition) is 0. The molecule has 0 radical (unpaired) electrons. The molecule has 0 spiro atoms. The highest BCUT2D eigenvalue weighted by molar-refractivity contribution is 6.35. The zero-order valence-corrected chi connectivity index (χ0v) is 17.4. The summed E-state index contributed by atoms with van der Waals surface area (Å²) < 4.78 is 13.3. The van der Waals surface area contributed by atoms with Crippen LogP contribution in [0.5, 0.6) is 5.75 Å². The molecule has 30 heavy (non-hydrogen) atoms. The van der Waals surface area contributed by atoms with Crippen LogP contribution < -0.4 is 4.74 Å². The van der Waals surface area contributed by atoms with Crippen LogP contribution in [0, 0.1) is 0 Å². The number of rotatable bonds is 6. The first kappa shape index (κ1) is 19.3. The summed E-state index contributed by atoms with van der Waals surface area (Å²) in [6.07, 6.45) is 2.78. The average Bonchev–Trinajstić information content (AvgIpc) is 3.21. The van der Waals surface area contributed by atoms with E-state index in [2.05, 4.69) is 9.88 Å². The van der Waals surface area contributed by atoms with Crippen molar-refractivity contribution in [2.45, 2.75) is 6.42 Å². The van der Waals surface area contributed by atoms with E-state index in [0.717, 1.165) is 72.8 Å². The largest absolute Gasteiger partial charge is 0.493 e. The van der Waals surface area contributed by atoms with Crippen molar-refractivity contribution >= 4 is 33.5 Å². The first-order chi connectivity index (χ1) is 14.8. The minimum atomic E-state index is 0.645. The van der Waals surface area contributed by atoms with Gasteiger partial charge in [0.05, 0.1) is 41.4 Å². The minimum Gasteiger partial charge on any atom is -0.493 e. The van der Waals surface area contributed by atoms with Crippen LogP contribution in [-0.2, 0) is 4.74 Å². The van der Waals surface area contributed by atoms with E-state index in [-0.39, 0.29) is 0 Å². The number of benzene rings is 2. The maximum Gasteiger partial charge on any atom is 0.139 e. The molecule has 7 heteroatoms. The Bertz CT molecular complexity index is 1170. The van der Waals surface area contributed by atoms with Crippen molar-refractivity contribution in [1.82, 2.24) is 19.4 Å². The molecule has 2 aromatic carbocycles. The van der Waals surface area contributed by atoms with Gasteiger partial charge >= 0.3 is 0 Å². The molecule has 0 atom stereocenters. The lowest BCUT2D eigenvalue weighted by atomic mass is 10.2. The van der Waals surface area contributed by atoms with Gasteiger partial charge in [-0.1, -0.05) is 23.7 Å². The molecule has 1 aliphatic heterocycles. The molecule has 6 nitrogen and oxygen atoms in total. The van der Waals surface area contributed by atoms with Crippen LogP contribution >= 0.6 is 11.6 Å². The van der Waals surface area contributed by atoms with Crippen molar-refractivity contribution in [1.29, 1.82) is 0 Å². The third-order valence-electron chi connectivity index (χ3n) is 5.41. The molecule has 1 fully saturated rings. The van der Waals surface area contributed by atoms with Crippen molar-refractivity contribution in [3.63, 3.8) is 0 Å². The molecule has 0 N–H and O–H groups in total. The number of halogens is 1. The Kier molecular flexibility index (Phi) is 5.53. The summed E-state index contributed by atoms with van der Waals surface area (Å²) in [7, 11) is 0. The molecule has 2 aromatic heterocycles. The van der Waals surface area contributed by atoms with Gasteiger partial charge in [-0.3, -0.25) is 9.47 Å². The first-order valence-corrected chi connectivity index (χ1v) is 10.6. The monoisotopic (exact) mass is 422 g/mol. The molecule has 0 saturated carbocycles. The molecular weight excluding hydrogens is 400 g/mol. The molecule has 3 heterocycles. The number of nitrogens with zero attached hydrogens (tertiary/aromatic N) is 4. The smallest absolute Gasteiger partial charge is 0.139 e. The third-order valence-corrected chi connectivity index (χ3v) is 5.72. The van der Waals surface area contributed by atoms with E-state index in [9.17, 15) is 0 Å². The normalized spacial score (nSPS) is 15.1. The van der Waals surface area contributed by atoms with Crippen molar-refractivity contribution in [3.05, 3.63) is 59.9 Å². The second-order valence-electron chi connectivity index (χ2n) is 7.40. The summed E-state index contributed by atoms with van der Waals surface area (Å²) in [4.78, 5) is 11.7. The van der Waals surface area contributed by atoms with E-state index in [1.165, 1.54) is 0 Å². The highest BCUT2D eigenvalue weighted by atomic mass is 35.5. The Morgan fingerprint density at radius 1 is 1.07 bits per heavy atom. The van der Waals surface area contributed by atoms with Gasteiger partial charge < -0.3 is 9.47 Å². The fourth-order valence-corrected chi connectivity index (χ4v) is 4.03. The van der Waals surface area contributed by atoms with Crippen molar-refractivity contribution in [2.24, 2.45) is 0 Å². The van der Waals surface area contributed by atoms with Crippen molar-refractivity contribution < 1.29 is 9.47 Å². The van der Waals surface area contributed by atoms with Crippen LogP contribution in [0.4, 0.5) is 0 Å². The molecule has 0 amide bonds. The fraction of sp³-hybridized carbons (Fsp3) is 0.304. The Morgan fingerprint density at radius 3 is 2.87 bits per heavy atom. The Labute approximate surface area is 180 Å². The summed E-state index contributed by atoms with van der Waals surface area (Å²) in [5, 5.41) is 1.66. The summed E-state index contributed by atoms with van der Waals surface area (Å²) in [6.45, 7) is 5.41. The molecular formula is C23H23ClN4O2. The first-order valence-electron chi connectivity index (χ1n) is 10.2. The number of pyridine rings is 1. The van der Waals surface area contributed by atoms with E-state index in [1.54, 1.807) is 6.33 Å². The quantitative estimate of drug-likeness (QED) is 0.433. The van der Waals surface area contributed by atoms with Gasteiger partial charge in [0.15, 0.2) is 0 Å². The average molecular weight is 423 g/mol. The number of aromatic nitrogens is 3. The predicted octanol–water partition coefficient (Wildman–Crippen LogP) is 4.33. The molecule has 5 rings (SSSR count). The SMILES string of the molecule is Clc1cccc2ccc(-n3cnc4cc(OCCCN5CCOCC5)ccc43)nc12. The second-order valence-corrected chi connectivity index (χ2v) is 7.81. The Hall–Kier alpha value is -2.67. The van der Waals surface area contributed by atoms with E-state index in [1.807, 2.05) is 53.1 Å². The second kappa shape index (κ2) is 8.60. The third kappa shape index (κ3) is 3.99. The molecule has 4 aromatic rings. The van der Waals surface area contributed by atoms with E-state index in [0.29, 0.717) is 11.6 Å². The van der Waals surface area contributed by atoms with Gasteiger partial charge in [-0.2, -0.15) is 0 Å². The molecule has 0 bridgehead atoms. The van der Waals surface area contributed by atoms with Crippen molar-refractivity contribution in [2.75, 3.05) is 39.5 Å². The van der Waals surface area contributed by atoms with E-state index >= 15 is 0 Å². The van der Waals surface area contributed by atoms with Crippen LogP contribution in [0.15, 0.2) is 54.9 Å². The zero-order chi connectivity index (χ0) is 20.3. The maximum atomic E-state index is 6.33. The number of fused-ring (bicyclic) bond motifs is 2. The molecule has 1 saturated heterocycles. The number of ether oxygens (including phenoxy) is 2. The van der Waals surface area contributed by atoms with Crippen LogP contribution in [0.2, 0.25) is 5.02 Å². The van der Waals surface area contributed by atoms with Crippen LogP contribution in [-0.4, -0.2) is 58.9 Å². The molecule has 0 unspecified atom stereocenters. The van der Waals surface area contributed by atoms with Crippen LogP contribution in [0.1, 0.15) is 6.42 Å². The van der Waals surface area contributed by atoms with Crippen LogP contribution in [0.25, 0.3) is 27.8 Å². The van der Waals surface area contributed by atoms with Crippen molar-refractivity contribution in [3.8, 4) is 11.6 Å². The van der Waals surface area contributed by atoms with Gasteiger partial charge in [0.25, 0.3) is 0 Å². The summed E-state index contributed by atoms with van der Waals surface area (Å²) in [6, 6.07) is 15.8. The number of para-hydroxylation sites is 1. The van der Waals surface area contributed by atoms with E-state index < -0.39 is 0 Å². The Balaban J connectivity index is 1.30. The number of hydrogen-bond acceptors (Lipinski definition) is 5. The topological polar surface area (TPSA) is 52.4 Å². The summed E-state index contributed by atoms with van der Waals surface area (Å²) >= 11 is 6.33. The lowest BCUT2D eigenvalue weighted by Crippen LogP contribution is -2.37. The lowest BCUT2D eigenvalue weighted by molar-refractivity contribution is 0.0358. The Morgan fingerprint density at radius 2 is 1.97 bits per heavy atom. The zero-order valence-electron chi connectivity index (χ0n) is 16.6. The van der Waals surface area contributed by atoms with Gasteiger partial charge in [-0.25, -0.2) is 9.97 Å². The van der Waals surface area contributed by atoms with Gasteiger partial charge in [0, 0.05) is 31.1 Å². The van der Waals surface area contributed by atoms with Gasteiger partial charge in [0.2, 0.25) is 0 Å². The molecule has 1 aliphatic rings. The number of morpholine rings is 1. The fourth-order valence-electron chi connectivity index (χ4n) is 3.80. The molecule has 0 aliphatic carbocycles. The summed E-state index contributed by atoms with van der Waals surface area (Å²) in [5.74, 6) is 1.63. The lowest BCUT2D eigenvalue weighted by Gasteiger charge is -2.26. The predicted molar refractivity (Wildman–Crippen MR) is 119 cm³/mol. The maximum absolute atomic E-state index is 6.33. The highest BCUT2D eigenvalue weighted by Crippen LogP contribution is 2.26. The molecule has 154 valence electrons. The summed E-state index contributed by atoms with van der Waals surface area (Å²) in [5.41, 5.74) is 2.65. The van der Waals surface area contributed by atoms with E-state index in [4.69, 9.17) is 26.1 Å². The van der Waals surface area contributed by atoms with Gasteiger partial charge in [0.1, 0.15) is 17.9 Å². The standard InChI is InChI=1S/C23H23ClN4O2/c24-19-4-1-3-17-5-8-22(26-23(17)19)28-16-25-20-15-18(6-7-21(20)28)30-12-2-9-27-10-13-29-14-11-27/h1,3-8,15-16H,2,9-14H2. The van der Waals surface area contributed by atoms with Gasteiger partial charge in [-0.05, 0) is 36.8 Å².